The fourth-order valence-electron chi connectivity index (χ4n) is 4.88. The number of ether oxygens (including phenoxy) is 3. The Bertz CT molecular complexity index is 1250. The van der Waals surface area contributed by atoms with Gasteiger partial charge in [0.2, 0.25) is 0 Å². The van der Waals surface area contributed by atoms with E-state index in [-0.39, 0.29) is 28.9 Å². The second kappa shape index (κ2) is 13.7. The molecule has 0 radical (unpaired) electrons. The second-order valence-electron chi connectivity index (χ2n) is 9.93. The first-order valence-electron chi connectivity index (χ1n) is 13.8. The molecule has 0 aromatic heterocycles. The van der Waals surface area contributed by atoms with Crippen molar-refractivity contribution in [3.05, 3.63) is 83.2 Å². The van der Waals surface area contributed by atoms with E-state index in [9.17, 15) is 9.18 Å². The van der Waals surface area contributed by atoms with E-state index < -0.39 is 23.4 Å². The summed E-state index contributed by atoms with van der Waals surface area (Å²) in [5.41, 5.74) is 0.740. The SMILES string of the molecule is CCCCOc1ccc(C(=O)Oc2ccc(-c3ccc(C4CCC(OCCC)CC4)c(F)c3F)cc2)c(F)c1. The molecule has 39 heavy (non-hydrogen) atoms. The predicted molar refractivity (Wildman–Crippen MR) is 145 cm³/mol. The van der Waals surface area contributed by atoms with E-state index in [2.05, 4.69) is 6.92 Å². The number of halogens is 3. The summed E-state index contributed by atoms with van der Waals surface area (Å²) in [6.07, 6.45) is 6.17. The molecule has 1 aliphatic carbocycles. The van der Waals surface area contributed by atoms with Crippen LogP contribution in [0.2, 0.25) is 0 Å². The van der Waals surface area contributed by atoms with Crippen molar-refractivity contribution in [3.8, 4) is 22.6 Å². The Morgan fingerprint density at radius 3 is 2.21 bits per heavy atom. The summed E-state index contributed by atoms with van der Waals surface area (Å²) in [5, 5.41) is 0. The average molecular weight is 541 g/mol. The molecule has 0 heterocycles. The summed E-state index contributed by atoms with van der Waals surface area (Å²) in [4.78, 5) is 12.5. The Morgan fingerprint density at radius 1 is 0.821 bits per heavy atom. The normalized spacial score (nSPS) is 17.2. The zero-order valence-corrected chi connectivity index (χ0v) is 22.5. The Hall–Kier alpha value is -3.32. The third-order valence-corrected chi connectivity index (χ3v) is 7.09. The minimum absolute atomic E-state index is 0.0332. The van der Waals surface area contributed by atoms with E-state index >= 15 is 8.78 Å². The monoisotopic (exact) mass is 540 g/mol. The van der Waals surface area contributed by atoms with Gasteiger partial charge in [-0.05, 0) is 79.8 Å². The molecule has 0 bridgehead atoms. The van der Waals surface area contributed by atoms with Crippen molar-refractivity contribution >= 4 is 5.97 Å². The summed E-state index contributed by atoms with van der Waals surface area (Å²) in [7, 11) is 0. The molecule has 0 amide bonds. The summed E-state index contributed by atoms with van der Waals surface area (Å²) in [6, 6.07) is 13.3. The van der Waals surface area contributed by atoms with E-state index in [4.69, 9.17) is 14.2 Å². The van der Waals surface area contributed by atoms with Crippen molar-refractivity contribution < 1.29 is 32.2 Å². The van der Waals surface area contributed by atoms with Gasteiger partial charge < -0.3 is 14.2 Å². The molecule has 4 rings (SSSR count). The van der Waals surface area contributed by atoms with Gasteiger partial charge in [0, 0.05) is 18.2 Å². The first-order valence-corrected chi connectivity index (χ1v) is 13.8. The smallest absolute Gasteiger partial charge is 0.346 e. The van der Waals surface area contributed by atoms with Crippen LogP contribution in [0.3, 0.4) is 0 Å². The van der Waals surface area contributed by atoms with Gasteiger partial charge in [0.15, 0.2) is 11.6 Å². The van der Waals surface area contributed by atoms with Gasteiger partial charge in [-0.1, -0.05) is 44.5 Å². The van der Waals surface area contributed by atoms with Crippen LogP contribution in [0.25, 0.3) is 11.1 Å². The molecular formula is C32H35F3O4. The molecule has 1 aliphatic rings. The highest BCUT2D eigenvalue weighted by atomic mass is 19.2. The number of carbonyl (C=O) groups is 1. The molecule has 0 saturated heterocycles. The van der Waals surface area contributed by atoms with Gasteiger partial charge in [-0.25, -0.2) is 18.0 Å². The zero-order valence-electron chi connectivity index (χ0n) is 22.5. The lowest BCUT2D eigenvalue weighted by Gasteiger charge is -2.29. The van der Waals surface area contributed by atoms with Crippen LogP contribution in [-0.2, 0) is 4.74 Å². The average Bonchev–Trinajstić information content (AvgIpc) is 2.94. The molecule has 3 aromatic rings. The Kier molecular flexibility index (Phi) is 10.0. The molecule has 1 fully saturated rings. The van der Waals surface area contributed by atoms with E-state index in [0.29, 0.717) is 23.5 Å². The Morgan fingerprint density at radius 2 is 1.54 bits per heavy atom. The van der Waals surface area contributed by atoms with E-state index in [0.717, 1.165) is 57.6 Å². The minimum Gasteiger partial charge on any atom is -0.493 e. The summed E-state index contributed by atoms with van der Waals surface area (Å²) >= 11 is 0. The van der Waals surface area contributed by atoms with Gasteiger partial charge in [-0.15, -0.1) is 0 Å². The topological polar surface area (TPSA) is 44.8 Å². The summed E-state index contributed by atoms with van der Waals surface area (Å²) in [5.74, 6) is -2.86. The highest BCUT2D eigenvalue weighted by Gasteiger charge is 2.27. The van der Waals surface area contributed by atoms with Gasteiger partial charge in [0.05, 0.1) is 18.3 Å². The van der Waals surface area contributed by atoms with Crippen LogP contribution in [-0.4, -0.2) is 25.3 Å². The Labute approximate surface area is 228 Å². The number of unbranched alkanes of at least 4 members (excludes halogenated alkanes) is 1. The molecular weight excluding hydrogens is 505 g/mol. The number of rotatable bonds is 11. The molecule has 0 N–H and O–H groups in total. The first-order chi connectivity index (χ1) is 18.9. The van der Waals surface area contributed by atoms with Crippen LogP contribution in [0.5, 0.6) is 11.5 Å². The lowest BCUT2D eigenvalue weighted by atomic mass is 9.82. The highest BCUT2D eigenvalue weighted by Crippen LogP contribution is 2.38. The van der Waals surface area contributed by atoms with Gasteiger partial charge in [-0.2, -0.15) is 0 Å². The molecule has 0 aliphatic heterocycles. The van der Waals surface area contributed by atoms with Crippen molar-refractivity contribution in [1.29, 1.82) is 0 Å². The van der Waals surface area contributed by atoms with Gasteiger partial charge in [-0.3, -0.25) is 0 Å². The van der Waals surface area contributed by atoms with E-state index in [1.165, 1.54) is 36.4 Å². The number of carbonyl (C=O) groups excluding carboxylic acids is 1. The van der Waals surface area contributed by atoms with E-state index in [1.54, 1.807) is 12.1 Å². The van der Waals surface area contributed by atoms with Gasteiger partial charge >= 0.3 is 5.97 Å². The van der Waals surface area contributed by atoms with Crippen molar-refractivity contribution in [2.24, 2.45) is 0 Å². The maximum atomic E-state index is 15.1. The molecule has 0 unspecified atom stereocenters. The fourth-order valence-corrected chi connectivity index (χ4v) is 4.88. The molecule has 1 saturated carbocycles. The van der Waals surface area contributed by atoms with Crippen LogP contribution < -0.4 is 9.47 Å². The van der Waals surface area contributed by atoms with Gasteiger partial charge in [0.1, 0.15) is 17.3 Å². The lowest BCUT2D eigenvalue weighted by Crippen LogP contribution is -2.21. The number of hydrogen-bond donors (Lipinski definition) is 0. The quantitative estimate of drug-likeness (QED) is 0.139. The van der Waals surface area contributed by atoms with Crippen LogP contribution in [0.15, 0.2) is 54.6 Å². The molecule has 208 valence electrons. The van der Waals surface area contributed by atoms with Crippen molar-refractivity contribution in [1.82, 2.24) is 0 Å². The zero-order chi connectivity index (χ0) is 27.8. The summed E-state index contributed by atoms with van der Waals surface area (Å²) < 4.78 is 61.2. The van der Waals surface area contributed by atoms with Crippen molar-refractivity contribution in [2.45, 2.75) is 70.8 Å². The maximum absolute atomic E-state index is 15.1. The first kappa shape index (κ1) is 28.7. The maximum Gasteiger partial charge on any atom is 0.346 e. The third kappa shape index (κ3) is 7.21. The predicted octanol–water partition coefficient (Wildman–Crippen LogP) is 8.62. The molecule has 3 aromatic carbocycles. The largest absolute Gasteiger partial charge is 0.493 e. The van der Waals surface area contributed by atoms with Crippen molar-refractivity contribution in [3.63, 3.8) is 0 Å². The molecule has 0 spiro atoms. The molecule has 0 atom stereocenters. The Balaban J connectivity index is 1.40. The molecule has 4 nitrogen and oxygen atoms in total. The standard InChI is InChI=1S/C32H35F3O4/c1-3-5-19-38-25-14-15-28(29(33)20-25)32(36)39-24-12-8-22(9-13-24)27-17-16-26(30(34)31(27)35)21-6-10-23(11-7-21)37-18-4-2/h8-9,12-17,20-21,23H,3-7,10-11,18-19H2,1-2H3. The highest BCUT2D eigenvalue weighted by molar-refractivity contribution is 5.91. The van der Waals surface area contributed by atoms with Crippen molar-refractivity contribution in [2.75, 3.05) is 13.2 Å². The van der Waals surface area contributed by atoms with Crippen LogP contribution in [0, 0.1) is 17.5 Å². The van der Waals surface area contributed by atoms with E-state index in [1.807, 2.05) is 6.92 Å². The summed E-state index contributed by atoms with van der Waals surface area (Å²) in [6.45, 7) is 5.29. The third-order valence-electron chi connectivity index (χ3n) is 7.09. The number of hydrogen-bond acceptors (Lipinski definition) is 4. The van der Waals surface area contributed by atoms with Crippen LogP contribution in [0.4, 0.5) is 13.2 Å². The number of benzene rings is 3. The van der Waals surface area contributed by atoms with Gasteiger partial charge in [0.25, 0.3) is 0 Å². The van der Waals surface area contributed by atoms with Crippen LogP contribution >= 0.6 is 0 Å². The minimum atomic E-state index is -0.898. The van der Waals surface area contributed by atoms with Crippen LogP contribution in [0.1, 0.15) is 80.6 Å². The molecule has 7 heteroatoms. The fraction of sp³-hybridized carbons (Fsp3) is 0.406. The second-order valence-corrected chi connectivity index (χ2v) is 9.93. The number of esters is 1. The lowest BCUT2D eigenvalue weighted by molar-refractivity contribution is 0.0248.